The van der Waals surface area contributed by atoms with Gasteiger partial charge in [0.15, 0.2) is 0 Å². The van der Waals surface area contributed by atoms with Crippen molar-refractivity contribution in [2.24, 2.45) is 0 Å². The minimum Gasteiger partial charge on any atom is -0.398 e. The van der Waals surface area contributed by atoms with Crippen LogP contribution in [0.2, 0.25) is 0 Å². The molecule has 0 atom stereocenters. The number of benzene rings is 2. The highest BCUT2D eigenvalue weighted by atomic mass is 32.2. The van der Waals surface area contributed by atoms with Crippen LogP contribution in [0.15, 0.2) is 47.4 Å². The molecule has 2 N–H and O–H groups in total. The molecule has 5 heteroatoms. The number of hydrogen-bond donors (Lipinski definition) is 1. The van der Waals surface area contributed by atoms with E-state index < -0.39 is 10.0 Å². The molecule has 0 fully saturated rings. The number of rotatable bonds is 2. The van der Waals surface area contributed by atoms with Gasteiger partial charge in [-0.3, -0.25) is 4.31 Å². The molecule has 2 aromatic carbocycles. The molecule has 0 spiro atoms. The number of fused-ring (bicyclic) bond motifs is 1. The van der Waals surface area contributed by atoms with Crippen LogP contribution in [0.4, 0.5) is 11.4 Å². The monoisotopic (exact) mass is 288 g/mol. The van der Waals surface area contributed by atoms with Crippen molar-refractivity contribution in [1.29, 1.82) is 0 Å². The van der Waals surface area contributed by atoms with Crippen LogP contribution in [-0.4, -0.2) is 15.0 Å². The van der Waals surface area contributed by atoms with E-state index in [0.717, 1.165) is 17.5 Å². The zero-order valence-corrected chi connectivity index (χ0v) is 12.0. The molecule has 4 nitrogen and oxygen atoms in total. The first kappa shape index (κ1) is 13.0. The second-order valence-electron chi connectivity index (χ2n) is 4.98. The smallest absolute Gasteiger partial charge is 0.264 e. The summed E-state index contributed by atoms with van der Waals surface area (Å²) in [6.07, 6.45) is 0.725. The van der Waals surface area contributed by atoms with E-state index in [9.17, 15) is 8.42 Å². The molecule has 0 aliphatic carbocycles. The van der Waals surface area contributed by atoms with E-state index in [1.807, 2.05) is 13.0 Å². The number of nitrogens with zero attached hydrogens (tertiary/aromatic N) is 1. The van der Waals surface area contributed by atoms with E-state index in [2.05, 4.69) is 0 Å². The summed E-state index contributed by atoms with van der Waals surface area (Å²) in [6.45, 7) is 2.40. The lowest BCUT2D eigenvalue weighted by atomic mass is 10.1. The molecule has 104 valence electrons. The maximum atomic E-state index is 12.7. The highest BCUT2D eigenvalue weighted by Gasteiger charge is 2.31. The molecule has 0 amide bonds. The molecule has 3 rings (SSSR count). The molecule has 0 bridgehead atoms. The number of aryl methyl sites for hydroxylation is 1. The molecule has 0 saturated heterocycles. The van der Waals surface area contributed by atoms with E-state index in [-0.39, 0.29) is 0 Å². The summed E-state index contributed by atoms with van der Waals surface area (Å²) >= 11 is 0. The topological polar surface area (TPSA) is 63.4 Å². The molecule has 1 heterocycles. The molecule has 1 aliphatic rings. The first-order chi connectivity index (χ1) is 9.50. The Hall–Kier alpha value is -2.01. The minimum atomic E-state index is -3.50. The number of nitrogens with two attached hydrogens (primary N) is 1. The van der Waals surface area contributed by atoms with Crippen molar-refractivity contribution in [2.45, 2.75) is 18.2 Å². The van der Waals surface area contributed by atoms with Crippen LogP contribution in [-0.2, 0) is 16.4 Å². The second kappa shape index (κ2) is 4.52. The van der Waals surface area contributed by atoms with Gasteiger partial charge < -0.3 is 5.73 Å². The van der Waals surface area contributed by atoms with E-state index in [0.29, 0.717) is 22.8 Å². The molecular weight excluding hydrogens is 272 g/mol. The Labute approximate surface area is 118 Å². The van der Waals surface area contributed by atoms with Gasteiger partial charge in [0.2, 0.25) is 0 Å². The standard InChI is InChI=1S/C15H16N2O2S/c1-11-9-12-7-8-17(15(12)10-14(11)16)20(18,19)13-5-3-2-4-6-13/h2-6,9-10H,7-8,16H2,1H3. The van der Waals surface area contributed by atoms with E-state index in [4.69, 9.17) is 5.73 Å². The van der Waals surface area contributed by atoms with Gasteiger partial charge in [-0.25, -0.2) is 8.42 Å². The zero-order valence-electron chi connectivity index (χ0n) is 11.2. The van der Waals surface area contributed by atoms with Gasteiger partial charge in [-0.1, -0.05) is 24.3 Å². The van der Waals surface area contributed by atoms with Gasteiger partial charge in [0, 0.05) is 12.2 Å². The summed E-state index contributed by atoms with van der Waals surface area (Å²) in [7, 11) is -3.50. The van der Waals surface area contributed by atoms with Crippen molar-refractivity contribution in [3.63, 3.8) is 0 Å². The highest BCUT2D eigenvalue weighted by molar-refractivity contribution is 7.92. The predicted molar refractivity (Wildman–Crippen MR) is 80.3 cm³/mol. The fourth-order valence-electron chi connectivity index (χ4n) is 2.52. The third kappa shape index (κ3) is 1.94. The summed E-state index contributed by atoms with van der Waals surface area (Å²) in [5.41, 5.74) is 9.27. The van der Waals surface area contributed by atoms with Crippen LogP contribution in [0.25, 0.3) is 0 Å². The van der Waals surface area contributed by atoms with Crippen LogP contribution >= 0.6 is 0 Å². The van der Waals surface area contributed by atoms with Crippen molar-refractivity contribution >= 4 is 21.4 Å². The predicted octanol–water partition coefficient (Wildman–Crippen LogP) is 2.33. The normalized spacial score (nSPS) is 14.3. The third-order valence-corrected chi connectivity index (χ3v) is 5.48. The van der Waals surface area contributed by atoms with Crippen molar-refractivity contribution in [3.8, 4) is 0 Å². The third-order valence-electron chi connectivity index (χ3n) is 3.65. The lowest BCUT2D eigenvalue weighted by Gasteiger charge is -2.20. The molecular formula is C15H16N2O2S. The Kier molecular flexibility index (Phi) is 2.94. The van der Waals surface area contributed by atoms with Crippen molar-refractivity contribution < 1.29 is 8.42 Å². The fraction of sp³-hybridized carbons (Fsp3) is 0.200. The summed E-state index contributed by atoms with van der Waals surface area (Å²) < 4.78 is 26.8. The molecule has 20 heavy (non-hydrogen) atoms. The quantitative estimate of drug-likeness (QED) is 0.863. The maximum Gasteiger partial charge on any atom is 0.264 e. The van der Waals surface area contributed by atoms with Crippen LogP contribution in [0, 0.1) is 6.92 Å². The Morgan fingerprint density at radius 1 is 1.15 bits per heavy atom. The van der Waals surface area contributed by atoms with Crippen molar-refractivity contribution in [1.82, 2.24) is 0 Å². The van der Waals surface area contributed by atoms with Gasteiger partial charge in [0.25, 0.3) is 10.0 Å². The Morgan fingerprint density at radius 2 is 1.85 bits per heavy atom. The Bertz CT molecular complexity index is 755. The van der Waals surface area contributed by atoms with Gasteiger partial charge >= 0.3 is 0 Å². The largest absolute Gasteiger partial charge is 0.398 e. The lowest BCUT2D eigenvalue weighted by Crippen LogP contribution is -2.29. The Morgan fingerprint density at radius 3 is 2.55 bits per heavy atom. The van der Waals surface area contributed by atoms with Crippen LogP contribution in [0.5, 0.6) is 0 Å². The fourth-order valence-corrected chi connectivity index (χ4v) is 4.03. The van der Waals surface area contributed by atoms with Crippen molar-refractivity contribution in [2.75, 3.05) is 16.6 Å². The number of anilines is 2. The average molecular weight is 288 g/mol. The molecule has 0 radical (unpaired) electrons. The van der Waals surface area contributed by atoms with Crippen LogP contribution in [0.1, 0.15) is 11.1 Å². The lowest BCUT2D eigenvalue weighted by molar-refractivity contribution is 0.592. The first-order valence-corrected chi connectivity index (χ1v) is 7.91. The van der Waals surface area contributed by atoms with E-state index in [1.54, 1.807) is 36.4 Å². The van der Waals surface area contributed by atoms with Gasteiger partial charge in [0.1, 0.15) is 0 Å². The molecule has 2 aromatic rings. The summed E-state index contributed by atoms with van der Waals surface area (Å²) in [4.78, 5) is 0.312. The second-order valence-corrected chi connectivity index (χ2v) is 6.84. The molecule has 0 unspecified atom stereocenters. The van der Waals surface area contributed by atoms with Gasteiger partial charge in [-0.15, -0.1) is 0 Å². The number of hydrogen-bond acceptors (Lipinski definition) is 3. The van der Waals surface area contributed by atoms with E-state index in [1.165, 1.54) is 4.31 Å². The van der Waals surface area contributed by atoms with Gasteiger partial charge in [-0.2, -0.15) is 0 Å². The van der Waals surface area contributed by atoms with Gasteiger partial charge in [-0.05, 0) is 42.7 Å². The summed E-state index contributed by atoms with van der Waals surface area (Å²) in [6, 6.07) is 12.2. The van der Waals surface area contributed by atoms with Crippen LogP contribution < -0.4 is 10.0 Å². The number of nitrogen functional groups attached to an aromatic ring is 1. The van der Waals surface area contributed by atoms with E-state index >= 15 is 0 Å². The number of sulfonamides is 1. The summed E-state index contributed by atoms with van der Waals surface area (Å²) in [5, 5.41) is 0. The zero-order chi connectivity index (χ0) is 14.3. The van der Waals surface area contributed by atoms with Crippen LogP contribution in [0.3, 0.4) is 0 Å². The average Bonchev–Trinajstić information content (AvgIpc) is 2.84. The maximum absolute atomic E-state index is 12.7. The van der Waals surface area contributed by atoms with Gasteiger partial charge in [0.05, 0.1) is 10.6 Å². The molecule has 0 saturated carbocycles. The molecule has 1 aliphatic heterocycles. The SMILES string of the molecule is Cc1cc2c(cc1N)N(S(=O)(=O)c1ccccc1)CC2. The van der Waals surface area contributed by atoms with Crippen molar-refractivity contribution in [3.05, 3.63) is 53.6 Å². The summed E-state index contributed by atoms with van der Waals surface area (Å²) in [5.74, 6) is 0. The Balaban J connectivity index is 2.10. The first-order valence-electron chi connectivity index (χ1n) is 6.47. The minimum absolute atomic E-state index is 0.312. The molecule has 0 aromatic heterocycles. The highest BCUT2D eigenvalue weighted by Crippen LogP contribution is 2.35.